The Kier molecular flexibility index (Phi) is 5.62. The van der Waals surface area contributed by atoms with Crippen LogP contribution in [0.2, 0.25) is 5.02 Å². The van der Waals surface area contributed by atoms with Gasteiger partial charge in [0.05, 0.1) is 5.56 Å². The molecule has 1 aliphatic heterocycles. The molecule has 0 fully saturated rings. The molecular formula is C21H17ClO5. The van der Waals surface area contributed by atoms with E-state index in [4.69, 9.17) is 25.8 Å². The summed E-state index contributed by atoms with van der Waals surface area (Å²) in [6.07, 6.45) is 3.12. The number of halogens is 1. The normalized spacial score (nSPS) is 13.9. The first-order valence-corrected chi connectivity index (χ1v) is 8.59. The highest BCUT2D eigenvalue weighted by Crippen LogP contribution is 2.37. The van der Waals surface area contributed by atoms with Gasteiger partial charge in [-0.1, -0.05) is 36.4 Å². The molecule has 0 aromatic heterocycles. The van der Waals surface area contributed by atoms with E-state index >= 15 is 0 Å². The minimum Gasteiger partial charge on any atom is -0.482 e. The lowest BCUT2D eigenvalue weighted by Crippen LogP contribution is -2.14. The molecule has 6 heteroatoms. The summed E-state index contributed by atoms with van der Waals surface area (Å²) < 4.78 is 16.0. The van der Waals surface area contributed by atoms with E-state index in [9.17, 15) is 9.59 Å². The zero-order valence-electron chi connectivity index (χ0n) is 14.7. The number of carbonyl (C=O) groups excluding carboxylic acids is 2. The summed E-state index contributed by atoms with van der Waals surface area (Å²) in [5, 5.41) is 0.572. The molecule has 0 saturated heterocycles. The molecule has 0 N–H and O–H groups in total. The van der Waals surface area contributed by atoms with E-state index in [0.717, 1.165) is 5.56 Å². The summed E-state index contributed by atoms with van der Waals surface area (Å²) >= 11 is 5.98. The third-order valence-corrected chi connectivity index (χ3v) is 4.04. The van der Waals surface area contributed by atoms with Gasteiger partial charge < -0.3 is 14.2 Å². The largest absolute Gasteiger partial charge is 0.482 e. The molecule has 27 heavy (non-hydrogen) atoms. The van der Waals surface area contributed by atoms with Crippen LogP contribution in [-0.4, -0.2) is 25.0 Å². The van der Waals surface area contributed by atoms with E-state index < -0.39 is 5.97 Å². The molecule has 0 radical (unpaired) electrons. The van der Waals surface area contributed by atoms with Crippen LogP contribution in [0.1, 0.15) is 21.5 Å². The van der Waals surface area contributed by atoms with Gasteiger partial charge in [0.25, 0.3) is 0 Å². The molecule has 1 heterocycles. The minimum absolute atomic E-state index is 0.126. The number of benzene rings is 2. The van der Waals surface area contributed by atoms with Crippen molar-refractivity contribution in [1.29, 1.82) is 0 Å². The van der Waals surface area contributed by atoms with Crippen LogP contribution in [-0.2, 0) is 9.53 Å². The minimum atomic E-state index is -0.508. The fraction of sp³-hybridized carbons (Fsp3) is 0.143. The zero-order chi connectivity index (χ0) is 19.4. The van der Waals surface area contributed by atoms with Gasteiger partial charge >= 0.3 is 5.97 Å². The monoisotopic (exact) mass is 384 g/mol. The van der Waals surface area contributed by atoms with Crippen LogP contribution in [0.5, 0.6) is 11.5 Å². The van der Waals surface area contributed by atoms with Crippen LogP contribution in [0.15, 0.2) is 54.8 Å². The van der Waals surface area contributed by atoms with Crippen LogP contribution >= 0.6 is 11.6 Å². The lowest BCUT2D eigenvalue weighted by Gasteiger charge is -2.08. The number of fused-ring (bicyclic) bond motifs is 1. The van der Waals surface area contributed by atoms with E-state index in [1.807, 2.05) is 6.07 Å². The van der Waals surface area contributed by atoms with Crippen LogP contribution in [0.25, 0.3) is 6.08 Å². The number of ketones is 1. The second-order valence-electron chi connectivity index (χ2n) is 5.87. The third kappa shape index (κ3) is 4.38. The fourth-order valence-corrected chi connectivity index (χ4v) is 2.84. The molecule has 1 aliphatic rings. The van der Waals surface area contributed by atoms with Crippen molar-refractivity contribution in [2.75, 3.05) is 13.2 Å². The smallest absolute Gasteiger partial charge is 0.344 e. The first-order chi connectivity index (χ1) is 13.0. The summed E-state index contributed by atoms with van der Waals surface area (Å²) in [5.41, 5.74) is 1.93. The molecule has 0 spiro atoms. The SMILES string of the molecule is C=CCOC(=O)COc1cc(C)c2c(c1)O/C(=C\c1cccc(Cl)c1)C2=O. The first-order valence-electron chi connectivity index (χ1n) is 8.21. The van der Waals surface area contributed by atoms with Crippen LogP contribution in [0.3, 0.4) is 0 Å². The van der Waals surface area contributed by atoms with Crippen LogP contribution in [0.4, 0.5) is 0 Å². The van der Waals surface area contributed by atoms with Gasteiger partial charge in [-0.2, -0.15) is 0 Å². The topological polar surface area (TPSA) is 61.8 Å². The number of hydrogen-bond donors (Lipinski definition) is 0. The Bertz CT molecular complexity index is 946. The Hall–Kier alpha value is -3.05. The van der Waals surface area contributed by atoms with E-state index in [-0.39, 0.29) is 24.8 Å². The number of ether oxygens (including phenoxy) is 3. The summed E-state index contributed by atoms with van der Waals surface area (Å²) in [7, 11) is 0. The maximum Gasteiger partial charge on any atom is 0.344 e. The molecule has 0 saturated carbocycles. The molecule has 0 amide bonds. The average molecular weight is 385 g/mol. The maximum absolute atomic E-state index is 12.7. The molecule has 0 atom stereocenters. The molecule has 138 valence electrons. The summed E-state index contributed by atoms with van der Waals surface area (Å²) in [4.78, 5) is 24.2. The van der Waals surface area contributed by atoms with Crippen molar-refractivity contribution in [3.05, 3.63) is 76.5 Å². The van der Waals surface area contributed by atoms with Gasteiger partial charge in [0.2, 0.25) is 5.78 Å². The van der Waals surface area contributed by atoms with Crippen LogP contribution in [0, 0.1) is 6.92 Å². The van der Waals surface area contributed by atoms with E-state index in [1.165, 1.54) is 6.08 Å². The zero-order valence-corrected chi connectivity index (χ0v) is 15.4. The van der Waals surface area contributed by atoms with E-state index in [1.54, 1.807) is 43.3 Å². The highest BCUT2D eigenvalue weighted by Gasteiger charge is 2.30. The number of esters is 1. The number of aryl methyl sites for hydroxylation is 1. The average Bonchev–Trinajstić information content (AvgIpc) is 2.94. The van der Waals surface area contributed by atoms with Gasteiger partial charge in [0, 0.05) is 11.1 Å². The van der Waals surface area contributed by atoms with Gasteiger partial charge in [-0.3, -0.25) is 4.79 Å². The van der Waals surface area contributed by atoms with Crippen molar-refractivity contribution in [3.8, 4) is 11.5 Å². The lowest BCUT2D eigenvalue weighted by molar-refractivity contribution is -0.144. The second kappa shape index (κ2) is 8.10. The number of carbonyl (C=O) groups is 2. The Balaban J connectivity index is 1.79. The van der Waals surface area contributed by atoms with Crippen molar-refractivity contribution < 1.29 is 23.8 Å². The summed E-state index contributed by atoms with van der Waals surface area (Å²) in [5.74, 6) is 0.297. The van der Waals surface area contributed by atoms with Crippen molar-refractivity contribution in [3.63, 3.8) is 0 Å². The molecule has 2 aromatic rings. The molecule has 0 unspecified atom stereocenters. The summed E-state index contributed by atoms with van der Waals surface area (Å²) in [6.45, 7) is 5.14. The quantitative estimate of drug-likeness (QED) is 0.420. The van der Waals surface area contributed by atoms with Gasteiger partial charge in [0.1, 0.15) is 18.1 Å². The predicted molar refractivity (Wildman–Crippen MR) is 102 cm³/mol. The second-order valence-corrected chi connectivity index (χ2v) is 6.30. The Morgan fingerprint density at radius 3 is 2.85 bits per heavy atom. The number of rotatable bonds is 6. The molecule has 2 aromatic carbocycles. The van der Waals surface area contributed by atoms with Crippen molar-refractivity contribution in [1.82, 2.24) is 0 Å². The molecule has 0 aliphatic carbocycles. The van der Waals surface area contributed by atoms with Gasteiger partial charge in [-0.05, 0) is 42.3 Å². The predicted octanol–water partition coefficient (Wildman–Crippen LogP) is 4.37. The molecule has 5 nitrogen and oxygen atoms in total. The van der Waals surface area contributed by atoms with E-state index in [0.29, 0.717) is 27.6 Å². The van der Waals surface area contributed by atoms with Crippen molar-refractivity contribution >= 4 is 29.4 Å². The van der Waals surface area contributed by atoms with Gasteiger partial charge in [-0.15, -0.1) is 0 Å². The first kappa shape index (κ1) is 18.7. The highest BCUT2D eigenvalue weighted by molar-refractivity contribution is 6.30. The van der Waals surface area contributed by atoms with Crippen molar-refractivity contribution in [2.24, 2.45) is 0 Å². The van der Waals surface area contributed by atoms with Crippen molar-refractivity contribution in [2.45, 2.75) is 6.92 Å². The van der Waals surface area contributed by atoms with Gasteiger partial charge in [-0.25, -0.2) is 4.79 Å². The lowest BCUT2D eigenvalue weighted by atomic mass is 10.0. The molecule has 3 rings (SSSR count). The number of allylic oxidation sites excluding steroid dienone is 1. The number of hydrogen-bond acceptors (Lipinski definition) is 5. The third-order valence-electron chi connectivity index (χ3n) is 3.81. The molecular weight excluding hydrogens is 368 g/mol. The highest BCUT2D eigenvalue weighted by atomic mass is 35.5. The number of Topliss-reactive ketones (excluding diaryl/α,β-unsaturated/α-hetero) is 1. The summed E-state index contributed by atoms with van der Waals surface area (Å²) in [6, 6.07) is 10.4. The standard InChI is InChI=1S/C21H17ClO5/c1-3-7-25-19(23)12-26-16-8-13(2)20-17(11-16)27-18(21(20)24)10-14-5-4-6-15(22)9-14/h3-6,8-11H,1,7,12H2,2H3/b18-10-. The van der Waals surface area contributed by atoms with Crippen LogP contribution < -0.4 is 9.47 Å². The fourth-order valence-electron chi connectivity index (χ4n) is 2.64. The Labute approximate surface area is 161 Å². The van der Waals surface area contributed by atoms with E-state index in [2.05, 4.69) is 6.58 Å². The Morgan fingerprint density at radius 1 is 1.30 bits per heavy atom. The van der Waals surface area contributed by atoms with Gasteiger partial charge in [0.15, 0.2) is 12.4 Å². The Morgan fingerprint density at radius 2 is 2.11 bits per heavy atom. The maximum atomic E-state index is 12.7. The molecule has 0 bridgehead atoms.